The third-order valence-electron chi connectivity index (χ3n) is 0.765. The molecule has 0 aromatic rings. The fraction of sp³-hybridized carbons (Fsp3) is 1.00. The second-order valence-electron chi connectivity index (χ2n) is 1.44. The van der Waals surface area contributed by atoms with Gasteiger partial charge in [0.25, 0.3) is 0 Å². The summed E-state index contributed by atoms with van der Waals surface area (Å²) in [5.41, 5.74) is 0. The first-order chi connectivity index (χ1) is 2.97. The molecular weight excluding hydrogens is 128 g/mol. The number of hydrogen-bond acceptors (Lipinski definition) is 1. The zero-order valence-electron chi connectivity index (χ0n) is 3.40. The van der Waals surface area contributed by atoms with E-state index in [-0.39, 0.29) is 6.61 Å². The van der Waals surface area contributed by atoms with Crippen LogP contribution in [0.25, 0.3) is 0 Å². The second kappa shape index (κ2) is 0.955. The Bertz CT molecular complexity index is 86.8. The molecule has 1 nitrogen and oxygen atoms in total. The molecule has 1 saturated heterocycles. The van der Waals surface area contributed by atoms with Crippen LogP contribution in [-0.4, -0.2) is 12.8 Å². The van der Waals surface area contributed by atoms with Crippen LogP contribution in [0.3, 0.4) is 0 Å². The van der Waals surface area contributed by atoms with Crippen LogP contribution < -0.4 is 0 Å². The zero-order chi connectivity index (χ0) is 5.57. The van der Waals surface area contributed by atoms with Crippen LogP contribution in [0.5, 0.6) is 0 Å². The predicted octanol–water partition coefficient (Wildman–Crippen LogP) is 2.14. The molecule has 1 aliphatic rings. The molecule has 1 aliphatic heterocycles. The molecule has 5 heteroatoms. The van der Waals surface area contributed by atoms with Gasteiger partial charge in [0, 0.05) is 0 Å². The third-order valence-corrected chi connectivity index (χ3v) is 2.30. The summed E-state index contributed by atoms with van der Waals surface area (Å²) < 4.78 is 37.8. The molecule has 0 aliphatic carbocycles. The monoisotopic (exact) mass is 132 g/mol. The Kier molecular flexibility index (Phi) is 0.725. The van der Waals surface area contributed by atoms with Gasteiger partial charge in [-0.05, 0) is 0 Å². The molecule has 0 unspecified atom stereocenters. The number of hydrogen-bond donors (Lipinski definition) is 0. The SMILES string of the molecule is FP1(F)(F)CCO1. The van der Waals surface area contributed by atoms with Crippen molar-refractivity contribution in [3.05, 3.63) is 0 Å². The van der Waals surface area contributed by atoms with Crippen molar-refractivity contribution in [1.82, 2.24) is 0 Å². The van der Waals surface area contributed by atoms with Gasteiger partial charge in [0.2, 0.25) is 0 Å². The summed E-state index contributed by atoms with van der Waals surface area (Å²) in [5.74, 6) is 0. The summed E-state index contributed by atoms with van der Waals surface area (Å²) >= 11 is 0. The normalized spacial score (nSPS) is 40.1. The molecule has 0 saturated carbocycles. The van der Waals surface area contributed by atoms with E-state index in [9.17, 15) is 12.6 Å². The van der Waals surface area contributed by atoms with Crippen LogP contribution in [0.2, 0.25) is 0 Å². The Morgan fingerprint density at radius 3 is 1.57 bits per heavy atom. The van der Waals surface area contributed by atoms with E-state index >= 15 is 0 Å². The van der Waals surface area contributed by atoms with Crippen LogP contribution >= 0.6 is 7.76 Å². The molecule has 1 fully saturated rings. The molecule has 44 valence electrons. The van der Waals surface area contributed by atoms with Crippen molar-refractivity contribution >= 4 is 7.76 Å². The summed E-state index contributed by atoms with van der Waals surface area (Å²) in [7, 11) is -5.90. The van der Waals surface area contributed by atoms with Crippen molar-refractivity contribution in [3.63, 3.8) is 0 Å². The van der Waals surface area contributed by atoms with E-state index in [4.69, 9.17) is 0 Å². The van der Waals surface area contributed by atoms with Crippen molar-refractivity contribution < 1.29 is 17.1 Å². The third kappa shape index (κ3) is 1.04. The van der Waals surface area contributed by atoms with Crippen LogP contribution in [-0.2, 0) is 4.52 Å². The summed E-state index contributed by atoms with van der Waals surface area (Å²) in [5, 5.41) is 0. The second-order valence-corrected chi connectivity index (χ2v) is 3.92. The van der Waals surface area contributed by atoms with Crippen LogP contribution in [0.15, 0.2) is 0 Å². The van der Waals surface area contributed by atoms with Gasteiger partial charge in [-0.25, -0.2) is 0 Å². The van der Waals surface area contributed by atoms with E-state index in [0.29, 0.717) is 0 Å². The predicted molar refractivity (Wildman–Crippen MR) is 21.1 cm³/mol. The van der Waals surface area contributed by atoms with Gasteiger partial charge < -0.3 is 0 Å². The zero-order valence-corrected chi connectivity index (χ0v) is 4.30. The van der Waals surface area contributed by atoms with E-state index in [2.05, 4.69) is 4.52 Å². The maximum atomic E-state index is 11.5. The standard InChI is InChI=1S/C2H4F3OP/c3-7(4,5)2-1-6-7/h1-2H2. The Labute approximate surface area is 38.8 Å². The first-order valence-electron chi connectivity index (χ1n) is 1.79. The van der Waals surface area contributed by atoms with Crippen LogP contribution in [0.1, 0.15) is 0 Å². The van der Waals surface area contributed by atoms with Crippen molar-refractivity contribution in [2.75, 3.05) is 12.8 Å². The van der Waals surface area contributed by atoms with E-state index in [1.807, 2.05) is 0 Å². The molecule has 0 atom stereocenters. The quantitative estimate of drug-likeness (QED) is 0.459. The maximum absolute atomic E-state index is 11.5. The van der Waals surface area contributed by atoms with Gasteiger partial charge in [0.1, 0.15) is 0 Å². The topological polar surface area (TPSA) is 9.23 Å². The first-order valence-corrected chi connectivity index (χ1v) is 3.81. The van der Waals surface area contributed by atoms with E-state index in [0.717, 1.165) is 0 Å². The molecule has 0 bridgehead atoms. The van der Waals surface area contributed by atoms with Crippen molar-refractivity contribution in [1.29, 1.82) is 0 Å². The molecule has 1 heterocycles. The molecule has 0 aromatic carbocycles. The van der Waals surface area contributed by atoms with E-state index in [1.165, 1.54) is 0 Å². The van der Waals surface area contributed by atoms with E-state index in [1.54, 1.807) is 0 Å². The summed E-state index contributed by atoms with van der Waals surface area (Å²) in [6.45, 7) is -0.124. The molecule has 0 spiro atoms. The minimum absolute atomic E-state index is 0.124. The molecule has 7 heavy (non-hydrogen) atoms. The van der Waals surface area contributed by atoms with Crippen LogP contribution in [0, 0.1) is 0 Å². The van der Waals surface area contributed by atoms with E-state index < -0.39 is 13.9 Å². The minimum atomic E-state index is -5.90. The Morgan fingerprint density at radius 2 is 1.57 bits per heavy atom. The van der Waals surface area contributed by atoms with Gasteiger partial charge >= 0.3 is 37.6 Å². The molecule has 0 aromatic heterocycles. The summed E-state index contributed by atoms with van der Waals surface area (Å²) in [6, 6.07) is 0. The Balaban J connectivity index is 2.60. The van der Waals surface area contributed by atoms with Gasteiger partial charge in [-0.3, -0.25) is 0 Å². The molecular formula is C2H4F3OP. The van der Waals surface area contributed by atoms with Gasteiger partial charge in [0.15, 0.2) is 0 Å². The molecule has 0 N–H and O–H groups in total. The van der Waals surface area contributed by atoms with Gasteiger partial charge in [0.05, 0.1) is 0 Å². The number of rotatable bonds is 0. The van der Waals surface area contributed by atoms with Crippen molar-refractivity contribution in [2.45, 2.75) is 0 Å². The van der Waals surface area contributed by atoms with Gasteiger partial charge in [-0.1, -0.05) is 0 Å². The molecule has 0 amide bonds. The Morgan fingerprint density at radius 1 is 1.29 bits per heavy atom. The fourth-order valence-electron chi connectivity index (χ4n) is 0.298. The van der Waals surface area contributed by atoms with Crippen LogP contribution in [0.4, 0.5) is 12.6 Å². The molecule has 0 radical (unpaired) electrons. The first kappa shape index (κ1) is 5.32. The van der Waals surface area contributed by atoms with Gasteiger partial charge in [-0.2, -0.15) is 0 Å². The van der Waals surface area contributed by atoms with Crippen molar-refractivity contribution in [2.24, 2.45) is 0 Å². The average molecular weight is 132 g/mol. The summed E-state index contributed by atoms with van der Waals surface area (Å²) in [6.07, 6.45) is -0.675. The summed E-state index contributed by atoms with van der Waals surface area (Å²) in [4.78, 5) is 0. The Hall–Kier alpha value is 0.180. The van der Waals surface area contributed by atoms with Gasteiger partial charge in [-0.15, -0.1) is 0 Å². The fourth-order valence-corrected chi connectivity index (χ4v) is 0.895. The van der Waals surface area contributed by atoms with Crippen molar-refractivity contribution in [3.8, 4) is 0 Å². The average Bonchev–Trinajstić information content (AvgIpc) is 1.30. The number of halogens is 3. The molecule has 1 rings (SSSR count).